The Bertz CT molecular complexity index is 1010. The molecule has 0 bridgehead atoms. The van der Waals surface area contributed by atoms with Crippen LogP contribution in [0.25, 0.3) is 0 Å². The van der Waals surface area contributed by atoms with Crippen LogP contribution in [0.5, 0.6) is 5.75 Å². The van der Waals surface area contributed by atoms with Crippen molar-refractivity contribution in [2.24, 2.45) is 0 Å². The Hall–Kier alpha value is -2.85. The quantitative estimate of drug-likeness (QED) is 0.622. The van der Waals surface area contributed by atoms with Gasteiger partial charge in [0.2, 0.25) is 0 Å². The number of hydrogen-bond donors (Lipinski definition) is 1. The van der Waals surface area contributed by atoms with Gasteiger partial charge in [-0.3, -0.25) is 9.48 Å². The molecule has 1 aliphatic carbocycles. The topological polar surface area (TPSA) is 62.6 Å². The molecule has 0 unspecified atom stereocenters. The number of fused-ring (bicyclic) bond motifs is 1. The number of nitrogens with zero attached hydrogens (tertiary/aromatic N) is 4. The molecule has 2 heterocycles. The van der Waals surface area contributed by atoms with E-state index in [1.807, 2.05) is 9.58 Å². The van der Waals surface area contributed by atoms with Crippen LogP contribution in [0.3, 0.4) is 0 Å². The molecule has 1 aromatic carbocycles. The molecule has 2 aliphatic rings. The summed E-state index contributed by atoms with van der Waals surface area (Å²) in [6.07, 6.45) is -0.561. The number of ether oxygens (including phenoxy) is 1. The number of allylic oxidation sites excluding steroid dienone is 1. The van der Waals surface area contributed by atoms with E-state index < -0.39 is 6.36 Å². The number of piperazine rings is 1. The summed E-state index contributed by atoms with van der Waals surface area (Å²) >= 11 is 0. The molecular formula is C24H30F3N5O2. The smallest absolute Gasteiger partial charge is 0.406 e. The van der Waals surface area contributed by atoms with E-state index >= 15 is 0 Å². The molecule has 1 aromatic heterocycles. The molecule has 1 amide bonds. The van der Waals surface area contributed by atoms with Crippen LogP contribution in [0.15, 0.2) is 36.9 Å². The Kier molecular flexibility index (Phi) is 7.27. The highest BCUT2D eigenvalue weighted by molar-refractivity contribution is 5.94. The first-order chi connectivity index (χ1) is 16.2. The third-order valence-corrected chi connectivity index (χ3v) is 6.39. The normalized spacial score (nSPS) is 19.1. The van der Waals surface area contributed by atoms with Gasteiger partial charge in [-0.1, -0.05) is 18.2 Å². The summed E-state index contributed by atoms with van der Waals surface area (Å²) in [7, 11) is 2.05. The summed E-state index contributed by atoms with van der Waals surface area (Å²) in [6, 6.07) is 6.00. The van der Waals surface area contributed by atoms with E-state index in [4.69, 9.17) is 0 Å². The van der Waals surface area contributed by atoms with Crippen LogP contribution in [0.4, 0.5) is 13.2 Å². The van der Waals surface area contributed by atoms with Crippen molar-refractivity contribution in [3.63, 3.8) is 0 Å². The Morgan fingerprint density at radius 2 is 1.94 bits per heavy atom. The summed E-state index contributed by atoms with van der Waals surface area (Å²) in [5, 5.41) is 8.16. The molecule has 34 heavy (non-hydrogen) atoms. The maximum absolute atomic E-state index is 13.3. The van der Waals surface area contributed by atoms with Crippen LogP contribution in [0.2, 0.25) is 0 Å². The number of amides is 1. The van der Waals surface area contributed by atoms with Crippen LogP contribution in [0.1, 0.15) is 33.7 Å². The second kappa shape index (κ2) is 10.2. The number of carbonyl (C=O) groups is 1. The largest absolute Gasteiger partial charge is 0.573 e. The van der Waals surface area contributed by atoms with E-state index in [0.717, 1.165) is 42.8 Å². The first-order valence-electron chi connectivity index (χ1n) is 11.5. The van der Waals surface area contributed by atoms with Crippen molar-refractivity contribution in [3.05, 3.63) is 59.4 Å². The van der Waals surface area contributed by atoms with E-state index in [9.17, 15) is 18.0 Å². The minimum atomic E-state index is -4.70. The first kappa shape index (κ1) is 24.3. The second-order valence-corrected chi connectivity index (χ2v) is 8.85. The molecule has 1 fully saturated rings. The molecule has 1 atom stereocenters. The number of halogens is 3. The third kappa shape index (κ3) is 5.79. The zero-order valence-electron chi connectivity index (χ0n) is 19.3. The van der Waals surface area contributed by atoms with Gasteiger partial charge in [0.05, 0.1) is 6.54 Å². The van der Waals surface area contributed by atoms with Crippen LogP contribution in [0, 0.1) is 0 Å². The number of nitrogens with one attached hydrogen (secondary N) is 1. The van der Waals surface area contributed by atoms with Crippen LogP contribution in [-0.2, 0) is 25.9 Å². The van der Waals surface area contributed by atoms with E-state index in [1.54, 1.807) is 18.2 Å². The molecule has 1 aliphatic heterocycles. The van der Waals surface area contributed by atoms with Gasteiger partial charge in [-0.25, -0.2) is 0 Å². The van der Waals surface area contributed by atoms with Gasteiger partial charge in [0, 0.05) is 50.0 Å². The van der Waals surface area contributed by atoms with Crippen LogP contribution < -0.4 is 10.1 Å². The highest BCUT2D eigenvalue weighted by Gasteiger charge is 2.32. The fraction of sp³-hybridized carbons (Fsp3) is 0.500. The van der Waals surface area contributed by atoms with Gasteiger partial charge in [0.1, 0.15) is 5.75 Å². The predicted octanol–water partition coefficient (Wildman–Crippen LogP) is 3.00. The highest BCUT2D eigenvalue weighted by atomic mass is 19.4. The lowest BCUT2D eigenvalue weighted by atomic mass is 9.90. The minimum Gasteiger partial charge on any atom is -0.406 e. The lowest BCUT2D eigenvalue weighted by Crippen LogP contribution is -2.47. The monoisotopic (exact) mass is 477 g/mol. The van der Waals surface area contributed by atoms with Crippen LogP contribution in [-0.4, -0.2) is 71.1 Å². The third-order valence-electron chi connectivity index (χ3n) is 6.39. The van der Waals surface area contributed by atoms with E-state index in [0.29, 0.717) is 38.3 Å². The number of likely N-dealkylation sites (N-methyl/N-ethyl adjacent to an activating group) is 1. The van der Waals surface area contributed by atoms with Crippen molar-refractivity contribution in [1.82, 2.24) is 24.9 Å². The van der Waals surface area contributed by atoms with E-state index in [-0.39, 0.29) is 17.7 Å². The average molecular weight is 478 g/mol. The fourth-order valence-corrected chi connectivity index (χ4v) is 4.54. The number of benzene rings is 1. The Labute approximate surface area is 197 Å². The molecule has 10 heteroatoms. The zero-order chi connectivity index (χ0) is 24.3. The van der Waals surface area contributed by atoms with Crippen molar-refractivity contribution in [2.45, 2.75) is 44.8 Å². The van der Waals surface area contributed by atoms with Crippen molar-refractivity contribution in [2.75, 3.05) is 33.2 Å². The van der Waals surface area contributed by atoms with Gasteiger partial charge in [0.25, 0.3) is 5.91 Å². The van der Waals surface area contributed by atoms with E-state index in [1.165, 1.54) is 12.1 Å². The molecule has 2 aromatic rings. The number of rotatable bonds is 7. The molecule has 0 spiro atoms. The van der Waals surface area contributed by atoms with Gasteiger partial charge in [-0.05, 0) is 44.0 Å². The first-order valence-corrected chi connectivity index (χ1v) is 11.5. The van der Waals surface area contributed by atoms with Gasteiger partial charge < -0.3 is 19.9 Å². The van der Waals surface area contributed by atoms with Gasteiger partial charge in [-0.15, -0.1) is 19.8 Å². The summed E-state index contributed by atoms with van der Waals surface area (Å²) in [6.45, 7) is 7.95. The second-order valence-electron chi connectivity index (χ2n) is 8.85. The van der Waals surface area contributed by atoms with Crippen molar-refractivity contribution in [3.8, 4) is 5.75 Å². The molecule has 184 valence electrons. The van der Waals surface area contributed by atoms with Crippen molar-refractivity contribution < 1.29 is 22.7 Å². The molecular weight excluding hydrogens is 447 g/mol. The lowest BCUT2D eigenvalue weighted by molar-refractivity contribution is -0.274. The Balaban J connectivity index is 1.43. The molecule has 0 saturated carbocycles. The molecule has 0 radical (unpaired) electrons. The zero-order valence-corrected chi connectivity index (χ0v) is 19.3. The number of alkyl halides is 3. The summed E-state index contributed by atoms with van der Waals surface area (Å²) < 4.78 is 42.9. The molecule has 4 rings (SSSR count). The van der Waals surface area contributed by atoms with Crippen molar-refractivity contribution in [1.29, 1.82) is 0 Å². The van der Waals surface area contributed by atoms with Gasteiger partial charge >= 0.3 is 6.36 Å². The minimum absolute atomic E-state index is 0.0203. The molecule has 1 saturated heterocycles. The maximum Gasteiger partial charge on any atom is 0.573 e. The molecule has 1 N–H and O–H groups in total. The van der Waals surface area contributed by atoms with E-state index in [2.05, 4.69) is 33.7 Å². The number of hydrogen-bond acceptors (Lipinski definition) is 5. The van der Waals surface area contributed by atoms with Gasteiger partial charge in [-0.2, -0.15) is 5.10 Å². The predicted molar refractivity (Wildman–Crippen MR) is 122 cm³/mol. The Morgan fingerprint density at radius 3 is 2.59 bits per heavy atom. The Morgan fingerprint density at radius 1 is 1.24 bits per heavy atom. The summed E-state index contributed by atoms with van der Waals surface area (Å²) in [5.41, 5.74) is 3.46. The lowest BCUT2D eigenvalue weighted by Gasteiger charge is -2.32. The standard InChI is InChI=1S/C24H30F3N5O2/c1-3-10-32-21-9-6-18(28-16-17-4-7-19(8-5-17)34-24(25,26)27)15-20(21)22(29-32)23(33)31-13-11-30(2)12-14-31/h3-5,7-8,18,28H,1,6,9-16H2,2H3/t18-/m0/s1. The average Bonchev–Trinajstić information content (AvgIpc) is 3.15. The molecule has 7 nitrogen and oxygen atoms in total. The maximum atomic E-state index is 13.3. The number of aromatic nitrogens is 2. The summed E-state index contributed by atoms with van der Waals surface area (Å²) in [5.74, 6) is -0.256. The van der Waals surface area contributed by atoms with Gasteiger partial charge in [0.15, 0.2) is 5.69 Å². The summed E-state index contributed by atoms with van der Waals surface area (Å²) in [4.78, 5) is 17.4. The highest BCUT2D eigenvalue weighted by Crippen LogP contribution is 2.27. The number of carbonyl (C=O) groups excluding carboxylic acids is 1. The fourth-order valence-electron chi connectivity index (χ4n) is 4.54. The SMILES string of the molecule is C=CCn1nc(C(=O)N2CCN(C)CC2)c2c1CC[C@H](NCc1ccc(OC(F)(F)F)cc1)C2. The van der Waals surface area contributed by atoms with Crippen molar-refractivity contribution >= 4 is 5.91 Å². The van der Waals surface area contributed by atoms with Crippen LogP contribution >= 0.6 is 0 Å².